The van der Waals surface area contributed by atoms with Crippen LogP contribution >= 0.6 is 23.4 Å². The van der Waals surface area contributed by atoms with Gasteiger partial charge in [0, 0.05) is 23.0 Å². The third-order valence-corrected chi connectivity index (χ3v) is 4.38. The maximum absolute atomic E-state index is 12.0. The van der Waals surface area contributed by atoms with Crippen LogP contribution in [0.25, 0.3) is 5.78 Å². The summed E-state index contributed by atoms with van der Waals surface area (Å²) in [6, 6.07) is 9.34. The first-order valence-electron chi connectivity index (χ1n) is 7.36. The molecule has 2 aromatic heterocycles. The van der Waals surface area contributed by atoms with E-state index in [1.165, 1.54) is 11.8 Å². The molecule has 0 saturated heterocycles. The van der Waals surface area contributed by atoms with Gasteiger partial charge in [0.25, 0.3) is 5.78 Å². The minimum Gasteiger partial charge on any atom is -0.351 e. The first-order chi connectivity index (χ1) is 11.5. The van der Waals surface area contributed by atoms with Gasteiger partial charge in [-0.05, 0) is 37.6 Å². The van der Waals surface area contributed by atoms with Gasteiger partial charge >= 0.3 is 0 Å². The Morgan fingerprint density at radius 1 is 1.29 bits per heavy atom. The van der Waals surface area contributed by atoms with E-state index in [-0.39, 0.29) is 11.7 Å². The number of benzene rings is 1. The van der Waals surface area contributed by atoms with Crippen LogP contribution in [0.5, 0.6) is 0 Å². The molecule has 0 spiro atoms. The number of thioether (sulfide) groups is 1. The number of nitrogens with zero attached hydrogens (tertiary/aromatic N) is 4. The maximum Gasteiger partial charge on any atom is 0.253 e. The SMILES string of the molecule is Cc1cc(C)n2nc(SCC(=O)NCc3cccc(Cl)c3)nc2n1. The number of hydrogen-bond acceptors (Lipinski definition) is 5. The average molecular weight is 362 g/mol. The number of carbonyl (C=O) groups excluding carboxylic acids is 1. The van der Waals surface area contributed by atoms with Crippen LogP contribution in [0.4, 0.5) is 0 Å². The van der Waals surface area contributed by atoms with Crippen molar-refractivity contribution in [2.45, 2.75) is 25.5 Å². The lowest BCUT2D eigenvalue weighted by atomic mass is 10.2. The first-order valence-corrected chi connectivity index (χ1v) is 8.72. The van der Waals surface area contributed by atoms with Gasteiger partial charge in [0.05, 0.1) is 5.75 Å². The Hall–Kier alpha value is -2.12. The molecular formula is C16H16ClN5OS. The van der Waals surface area contributed by atoms with Gasteiger partial charge in [-0.15, -0.1) is 5.10 Å². The zero-order valence-electron chi connectivity index (χ0n) is 13.3. The molecule has 0 atom stereocenters. The van der Waals surface area contributed by atoms with Crippen molar-refractivity contribution in [2.75, 3.05) is 5.75 Å². The van der Waals surface area contributed by atoms with E-state index in [4.69, 9.17) is 11.6 Å². The van der Waals surface area contributed by atoms with Gasteiger partial charge in [-0.1, -0.05) is 35.5 Å². The second-order valence-electron chi connectivity index (χ2n) is 5.34. The lowest BCUT2D eigenvalue weighted by Crippen LogP contribution is -2.24. The number of amides is 1. The molecule has 1 aromatic carbocycles. The molecule has 1 N–H and O–H groups in total. The third kappa shape index (κ3) is 4.04. The van der Waals surface area contributed by atoms with Crippen molar-refractivity contribution < 1.29 is 4.79 Å². The highest BCUT2D eigenvalue weighted by molar-refractivity contribution is 7.99. The highest BCUT2D eigenvalue weighted by atomic mass is 35.5. The summed E-state index contributed by atoms with van der Waals surface area (Å²) in [7, 11) is 0. The molecule has 0 unspecified atom stereocenters. The van der Waals surface area contributed by atoms with Gasteiger partial charge in [-0.2, -0.15) is 4.98 Å². The van der Waals surface area contributed by atoms with E-state index < -0.39 is 0 Å². The lowest BCUT2D eigenvalue weighted by Gasteiger charge is -2.04. The van der Waals surface area contributed by atoms with E-state index in [0.29, 0.717) is 22.5 Å². The number of hydrogen-bond donors (Lipinski definition) is 1. The number of nitrogens with one attached hydrogen (secondary N) is 1. The van der Waals surface area contributed by atoms with Crippen molar-refractivity contribution in [2.24, 2.45) is 0 Å². The fraction of sp³-hybridized carbons (Fsp3) is 0.250. The molecule has 24 heavy (non-hydrogen) atoms. The van der Waals surface area contributed by atoms with Crippen molar-refractivity contribution in [3.63, 3.8) is 0 Å². The van der Waals surface area contributed by atoms with Crippen LogP contribution in [0, 0.1) is 13.8 Å². The predicted molar refractivity (Wildman–Crippen MR) is 94.3 cm³/mol. The van der Waals surface area contributed by atoms with E-state index in [1.807, 2.05) is 38.1 Å². The van der Waals surface area contributed by atoms with Crippen LogP contribution in [0.3, 0.4) is 0 Å². The first kappa shape index (κ1) is 16.7. The molecule has 0 bridgehead atoms. The van der Waals surface area contributed by atoms with Crippen molar-refractivity contribution >= 4 is 35.0 Å². The fourth-order valence-electron chi connectivity index (χ4n) is 2.24. The second kappa shape index (κ2) is 7.19. The Morgan fingerprint density at radius 2 is 2.12 bits per heavy atom. The molecule has 124 valence electrons. The lowest BCUT2D eigenvalue weighted by molar-refractivity contribution is -0.118. The van der Waals surface area contributed by atoms with Crippen molar-refractivity contribution in [1.82, 2.24) is 24.9 Å². The second-order valence-corrected chi connectivity index (χ2v) is 6.72. The molecule has 0 aliphatic carbocycles. The summed E-state index contributed by atoms with van der Waals surface area (Å²) in [5.74, 6) is 0.712. The summed E-state index contributed by atoms with van der Waals surface area (Å²) in [6.07, 6.45) is 0. The monoisotopic (exact) mass is 361 g/mol. The quantitative estimate of drug-likeness (QED) is 0.707. The molecule has 8 heteroatoms. The Kier molecular flexibility index (Phi) is 5.01. The Bertz CT molecular complexity index is 895. The average Bonchev–Trinajstić information content (AvgIpc) is 2.94. The van der Waals surface area contributed by atoms with E-state index in [0.717, 1.165) is 17.0 Å². The minimum absolute atomic E-state index is 0.0836. The standard InChI is InChI=1S/C16H16ClN5OS/c1-10-6-11(2)22-15(19-10)20-16(21-22)24-9-14(23)18-8-12-4-3-5-13(17)7-12/h3-7H,8-9H2,1-2H3,(H,18,23). The van der Waals surface area contributed by atoms with E-state index in [1.54, 1.807) is 10.6 Å². The number of rotatable bonds is 5. The fourth-order valence-corrected chi connectivity index (χ4v) is 3.10. The van der Waals surface area contributed by atoms with Crippen molar-refractivity contribution in [1.29, 1.82) is 0 Å². The minimum atomic E-state index is -0.0836. The molecule has 6 nitrogen and oxygen atoms in total. The van der Waals surface area contributed by atoms with Crippen LogP contribution in [-0.2, 0) is 11.3 Å². The van der Waals surface area contributed by atoms with E-state index >= 15 is 0 Å². The van der Waals surface area contributed by atoms with Crippen molar-refractivity contribution in [3.8, 4) is 0 Å². The smallest absolute Gasteiger partial charge is 0.253 e. The van der Waals surface area contributed by atoms with Gasteiger partial charge in [0.1, 0.15) is 0 Å². The molecule has 1 amide bonds. The Labute approximate surface area is 148 Å². The summed E-state index contributed by atoms with van der Waals surface area (Å²) in [5, 5.41) is 8.41. The van der Waals surface area contributed by atoms with Crippen LogP contribution in [0.15, 0.2) is 35.5 Å². The molecular weight excluding hydrogens is 346 g/mol. The largest absolute Gasteiger partial charge is 0.351 e. The van der Waals surface area contributed by atoms with Gasteiger partial charge < -0.3 is 5.32 Å². The number of fused-ring (bicyclic) bond motifs is 1. The Balaban J connectivity index is 1.57. The van der Waals surface area contributed by atoms with Gasteiger partial charge in [0.15, 0.2) is 0 Å². The zero-order chi connectivity index (χ0) is 17.1. The number of aryl methyl sites for hydroxylation is 2. The molecule has 0 aliphatic rings. The van der Waals surface area contributed by atoms with Gasteiger partial charge in [-0.3, -0.25) is 4.79 Å². The van der Waals surface area contributed by atoms with Crippen LogP contribution in [0.2, 0.25) is 5.02 Å². The molecule has 3 aromatic rings. The highest BCUT2D eigenvalue weighted by Gasteiger charge is 2.10. The summed E-state index contributed by atoms with van der Waals surface area (Å²) in [4.78, 5) is 20.6. The molecule has 0 fully saturated rings. The topological polar surface area (TPSA) is 72.2 Å². The van der Waals surface area contributed by atoms with Crippen LogP contribution < -0.4 is 5.32 Å². The molecule has 0 saturated carbocycles. The van der Waals surface area contributed by atoms with E-state index in [9.17, 15) is 4.79 Å². The summed E-state index contributed by atoms with van der Waals surface area (Å²) >= 11 is 7.21. The molecule has 2 heterocycles. The van der Waals surface area contributed by atoms with Gasteiger partial charge in [0.2, 0.25) is 11.1 Å². The van der Waals surface area contributed by atoms with Crippen LogP contribution in [-0.4, -0.2) is 31.2 Å². The maximum atomic E-state index is 12.0. The van der Waals surface area contributed by atoms with Gasteiger partial charge in [-0.25, -0.2) is 9.50 Å². The Morgan fingerprint density at radius 3 is 2.92 bits per heavy atom. The number of halogens is 1. The third-order valence-electron chi connectivity index (χ3n) is 3.31. The molecule has 0 radical (unpaired) electrons. The van der Waals surface area contributed by atoms with E-state index in [2.05, 4.69) is 20.4 Å². The normalized spacial score (nSPS) is 11.0. The zero-order valence-corrected chi connectivity index (χ0v) is 14.9. The molecule has 0 aliphatic heterocycles. The number of carbonyl (C=O) groups is 1. The number of aromatic nitrogens is 4. The summed E-state index contributed by atoms with van der Waals surface area (Å²) < 4.78 is 1.68. The van der Waals surface area contributed by atoms with Crippen molar-refractivity contribution in [3.05, 3.63) is 52.3 Å². The van der Waals surface area contributed by atoms with Crippen LogP contribution in [0.1, 0.15) is 17.0 Å². The predicted octanol–water partition coefficient (Wildman–Crippen LogP) is 2.80. The summed E-state index contributed by atoms with van der Waals surface area (Å²) in [6.45, 7) is 4.30. The summed E-state index contributed by atoms with van der Waals surface area (Å²) in [5.41, 5.74) is 2.81. The highest BCUT2D eigenvalue weighted by Crippen LogP contribution is 2.15. The molecule has 3 rings (SSSR count).